The molecule has 2 aromatic rings. The van der Waals surface area contributed by atoms with E-state index in [9.17, 15) is 0 Å². The number of likely N-dealkylation sites (tertiary alicyclic amines) is 1. The van der Waals surface area contributed by atoms with Crippen molar-refractivity contribution in [2.45, 2.75) is 82.7 Å². The monoisotopic (exact) mass is 385 g/mol. The van der Waals surface area contributed by atoms with Crippen molar-refractivity contribution >= 4 is 11.3 Å². The Labute approximate surface area is 166 Å². The van der Waals surface area contributed by atoms with E-state index in [0.717, 1.165) is 5.82 Å². The molecule has 3 aliphatic rings. The summed E-state index contributed by atoms with van der Waals surface area (Å²) in [5, 5.41) is 15.4. The van der Waals surface area contributed by atoms with E-state index in [1.807, 2.05) is 11.3 Å². The molecule has 146 valence electrons. The van der Waals surface area contributed by atoms with E-state index < -0.39 is 0 Å². The van der Waals surface area contributed by atoms with Crippen molar-refractivity contribution in [2.24, 2.45) is 5.41 Å². The Bertz CT molecular complexity index is 722. The van der Waals surface area contributed by atoms with Gasteiger partial charge in [-0.05, 0) is 72.4 Å². The lowest BCUT2D eigenvalue weighted by molar-refractivity contribution is 0.0345. The van der Waals surface area contributed by atoms with Crippen molar-refractivity contribution in [1.29, 1.82) is 0 Å². The van der Waals surface area contributed by atoms with Crippen LogP contribution >= 0.6 is 11.3 Å². The predicted molar refractivity (Wildman–Crippen MR) is 108 cm³/mol. The Balaban J connectivity index is 1.48. The van der Waals surface area contributed by atoms with E-state index in [-0.39, 0.29) is 6.04 Å². The quantitative estimate of drug-likeness (QED) is 0.744. The van der Waals surface area contributed by atoms with E-state index in [4.69, 9.17) is 0 Å². The average molecular weight is 386 g/mol. The second-order valence-electron chi connectivity index (χ2n) is 8.97. The standard InChI is InChI=1S/C21H31N5S/c1-4-11-21(12-5-1)13-7-14-25(16-21)19(18-10-6-15-27-18)20-22-23-24-26(20)17-8-2-3-9-17/h6,10,15,17,19H,1-5,7-9,11-14,16H2/t19-/m1/s1. The second kappa shape index (κ2) is 7.63. The molecule has 2 saturated carbocycles. The predicted octanol–water partition coefficient (Wildman–Crippen LogP) is 4.99. The Hall–Kier alpha value is -1.27. The molecule has 0 radical (unpaired) electrons. The highest BCUT2D eigenvalue weighted by Gasteiger charge is 2.41. The molecule has 5 nitrogen and oxygen atoms in total. The Morgan fingerprint density at radius 1 is 1.04 bits per heavy atom. The first-order chi connectivity index (χ1) is 13.3. The van der Waals surface area contributed by atoms with Gasteiger partial charge in [-0.25, -0.2) is 4.68 Å². The SMILES string of the molecule is c1csc([C@H](c2nnnn2C2CCCC2)N2CCCC3(CCCCC3)C2)c1. The first-order valence-electron chi connectivity index (χ1n) is 10.9. The van der Waals surface area contributed by atoms with Gasteiger partial charge in [0, 0.05) is 11.4 Å². The maximum Gasteiger partial charge on any atom is 0.174 e. The fourth-order valence-corrected chi connectivity index (χ4v) is 6.74. The summed E-state index contributed by atoms with van der Waals surface area (Å²) in [7, 11) is 0. The summed E-state index contributed by atoms with van der Waals surface area (Å²) in [5.41, 5.74) is 0.539. The van der Waals surface area contributed by atoms with Crippen molar-refractivity contribution < 1.29 is 0 Å². The van der Waals surface area contributed by atoms with Crippen LogP contribution in [0.1, 0.15) is 93.4 Å². The molecule has 2 aliphatic carbocycles. The maximum absolute atomic E-state index is 4.59. The zero-order valence-electron chi connectivity index (χ0n) is 16.2. The summed E-state index contributed by atoms with van der Waals surface area (Å²) in [6, 6.07) is 5.17. The molecule has 1 saturated heterocycles. The molecular formula is C21H31N5S. The molecule has 5 rings (SSSR count). The van der Waals surface area contributed by atoms with Crippen LogP contribution in [-0.2, 0) is 0 Å². The Kier molecular flexibility index (Phi) is 5.03. The van der Waals surface area contributed by atoms with E-state index >= 15 is 0 Å². The van der Waals surface area contributed by atoms with Crippen LogP contribution in [0.3, 0.4) is 0 Å². The highest BCUT2D eigenvalue weighted by molar-refractivity contribution is 7.10. The number of rotatable bonds is 4. The number of hydrogen-bond acceptors (Lipinski definition) is 5. The molecule has 27 heavy (non-hydrogen) atoms. The van der Waals surface area contributed by atoms with Gasteiger partial charge in [0.25, 0.3) is 0 Å². The van der Waals surface area contributed by atoms with Crippen molar-refractivity contribution in [3.8, 4) is 0 Å². The summed E-state index contributed by atoms with van der Waals surface area (Å²) >= 11 is 1.86. The summed E-state index contributed by atoms with van der Waals surface area (Å²) in [5.74, 6) is 1.08. The third-order valence-electron chi connectivity index (χ3n) is 7.22. The van der Waals surface area contributed by atoms with Crippen molar-refractivity contribution in [2.75, 3.05) is 13.1 Å². The number of aromatic nitrogens is 4. The third-order valence-corrected chi connectivity index (χ3v) is 8.14. The first kappa shape index (κ1) is 17.8. The zero-order chi connectivity index (χ0) is 18.1. The molecule has 0 amide bonds. The molecule has 0 aromatic carbocycles. The Morgan fingerprint density at radius 2 is 1.85 bits per heavy atom. The lowest BCUT2D eigenvalue weighted by Gasteiger charge is -2.47. The third kappa shape index (κ3) is 3.46. The molecule has 2 aromatic heterocycles. The number of tetrazole rings is 1. The lowest BCUT2D eigenvalue weighted by Crippen LogP contribution is -2.46. The highest BCUT2D eigenvalue weighted by Crippen LogP contribution is 2.46. The highest BCUT2D eigenvalue weighted by atomic mass is 32.1. The van der Waals surface area contributed by atoms with Gasteiger partial charge in [0.15, 0.2) is 5.82 Å². The number of nitrogens with zero attached hydrogens (tertiary/aromatic N) is 5. The minimum absolute atomic E-state index is 0.222. The summed E-state index contributed by atoms with van der Waals surface area (Å²) in [6.07, 6.45) is 14.9. The van der Waals surface area contributed by atoms with Crippen molar-refractivity contribution in [1.82, 2.24) is 25.1 Å². The van der Waals surface area contributed by atoms with Gasteiger partial charge >= 0.3 is 0 Å². The van der Waals surface area contributed by atoms with E-state index in [1.165, 1.54) is 88.6 Å². The van der Waals surface area contributed by atoms with Crippen molar-refractivity contribution in [3.63, 3.8) is 0 Å². The molecule has 3 fully saturated rings. The molecule has 0 unspecified atom stereocenters. The van der Waals surface area contributed by atoms with Crippen LogP contribution in [0.4, 0.5) is 0 Å². The van der Waals surface area contributed by atoms with Crippen LogP contribution < -0.4 is 0 Å². The smallest absolute Gasteiger partial charge is 0.174 e. The van der Waals surface area contributed by atoms with Crippen LogP contribution in [0.25, 0.3) is 0 Å². The first-order valence-corrected chi connectivity index (χ1v) is 11.8. The molecule has 1 spiro atoms. The van der Waals surface area contributed by atoms with Crippen LogP contribution in [0, 0.1) is 5.41 Å². The number of piperidine rings is 1. The maximum atomic E-state index is 4.59. The minimum Gasteiger partial charge on any atom is -0.288 e. The van der Waals surface area contributed by atoms with E-state index in [2.05, 4.69) is 42.6 Å². The topological polar surface area (TPSA) is 46.8 Å². The summed E-state index contributed by atoms with van der Waals surface area (Å²) < 4.78 is 2.18. The molecule has 0 N–H and O–H groups in total. The second-order valence-corrected chi connectivity index (χ2v) is 9.95. The summed E-state index contributed by atoms with van der Waals surface area (Å²) in [4.78, 5) is 4.12. The molecule has 1 atom stereocenters. The van der Waals surface area contributed by atoms with E-state index in [1.54, 1.807) is 0 Å². The van der Waals surface area contributed by atoms with Gasteiger partial charge in [0.1, 0.15) is 6.04 Å². The van der Waals surface area contributed by atoms with Crippen LogP contribution in [0.2, 0.25) is 0 Å². The fourth-order valence-electron chi connectivity index (χ4n) is 5.88. The Morgan fingerprint density at radius 3 is 2.63 bits per heavy atom. The van der Waals surface area contributed by atoms with Gasteiger partial charge in [-0.3, -0.25) is 4.90 Å². The fraction of sp³-hybridized carbons (Fsp3) is 0.762. The number of hydrogen-bond donors (Lipinski definition) is 0. The molecule has 6 heteroatoms. The van der Waals surface area contributed by atoms with Crippen LogP contribution in [0.5, 0.6) is 0 Å². The van der Waals surface area contributed by atoms with Crippen molar-refractivity contribution in [3.05, 3.63) is 28.2 Å². The average Bonchev–Trinajstić information content (AvgIpc) is 3.46. The van der Waals surface area contributed by atoms with Gasteiger partial charge in [-0.1, -0.05) is 38.2 Å². The normalized spacial score (nSPS) is 25.2. The largest absolute Gasteiger partial charge is 0.288 e. The van der Waals surface area contributed by atoms with Gasteiger partial charge in [-0.2, -0.15) is 0 Å². The van der Waals surface area contributed by atoms with Gasteiger partial charge in [0.05, 0.1) is 6.04 Å². The molecule has 0 bridgehead atoms. The lowest BCUT2D eigenvalue weighted by atomic mass is 9.69. The van der Waals surface area contributed by atoms with E-state index in [0.29, 0.717) is 11.5 Å². The van der Waals surface area contributed by atoms with Gasteiger partial charge in [0.2, 0.25) is 0 Å². The van der Waals surface area contributed by atoms with Crippen LogP contribution in [-0.4, -0.2) is 38.2 Å². The van der Waals surface area contributed by atoms with Gasteiger partial charge in [-0.15, -0.1) is 16.4 Å². The summed E-state index contributed by atoms with van der Waals surface area (Å²) in [6.45, 7) is 2.38. The molecular weight excluding hydrogens is 354 g/mol. The zero-order valence-corrected chi connectivity index (χ0v) is 17.0. The van der Waals surface area contributed by atoms with Crippen LogP contribution in [0.15, 0.2) is 17.5 Å². The molecule has 3 heterocycles. The minimum atomic E-state index is 0.222. The molecule has 1 aliphatic heterocycles. The number of thiophene rings is 1. The van der Waals surface area contributed by atoms with Gasteiger partial charge < -0.3 is 0 Å².